The molecule has 0 aliphatic carbocycles. The zero-order valence-corrected chi connectivity index (χ0v) is 10.2. The minimum absolute atomic E-state index is 0.146. The van der Waals surface area contributed by atoms with Crippen LogP contribution in [0.1, 0.15) is 25.8 Å². The summed E-state index contributed by atoms with van der Waals surface area (Å²) < 4.78 is 4.99. The first-order valence-electron chi connectivity index (χ1n) is 5.64. The Morgan fingerprint density at radius 2 is 2.06 bits per heavy atom. The number of phenols is 1. The Morgan fingerprint density at radius 3 is 2.56 bits per heavy atom. The molecule has 0 bridgehead atoms. The van der Waals surface area contributed by atoms with Gasteiger partial charge in [0.15, 0.2) is 11.5 Å². The van der Waals surface area contributed by atoms with Crippen LogP contribution in [-0.4, -0.2) is 18.3 Å². The molecule has 0 aromatic heterocycles. The molecule has 0 aliphatic rings. The highest BCUT2D eigenvalue weighted by atomic mass is 16.5. The van der Waals surface area contributed by atoms with Gasteiger partial charge in [-0.3, -0.25) is 0 Å². The molecule has 3 nitrogen and oxygen atoms in total. The lowest BCUT2D eigenvalue weighted by molar-refractivity contribution is 0.373. The maximum Gasteiger partial charge on any atom is 0.160 e. The summed E-state index contributed by atoms with van der Waals surface area (Å²) in [6.45, 7) is 4.32. The summed E-state index contributed by atoms with van der Waals surface area (Å²) in [5.41, 5.74) is 7.06. The third kappa shape index (κ3) is 3.74. The molecule has 0 saturated heterocycles. The average Bonchev–Trinajstić information content (AvgIpc) is 2.16. The number of rotatable bonds is 5. The second kappa shape index (κ2) is 5.75. The van der Waals surface area contributed by atoms with Gasteiger partial charge in [-0.25, -0.2) is 0 Å². The zero-order valence-electron chi connectivity index (χ0n) is 10.2. The summed E-state index contributed by atoms with van der Waals surface area (Å²) in [6, 6.07) is 5.58. The Bertz CT molecular complexity index is 337. The number of methoxy groups -OCH3 is 1. The van der Waals surface area contributed by atoms with E-state index in [4.69, 9.17) is 10.5 Å². The van der Waals surface area contributed by atoms with Crippen molar-refractivity contribution in [3.63, 3.8) is 0 Å². The van der Waals surface area contributed by atoms with Gasteiger partial charge in [0.1, 0.15) is 0 Å². The molecule has 16 heavy (non-hydrogen) atoms. The first-order chi connectivity index (χ1) is 7.52. The van der Waals surface area contributed by atoms with Gasteiger partial charge in [0.2, 0.25) is 0 Å². The summed E-state index contributed by atoms with van der Waals surface area (Å²) in [7, 11) is 1.54. The lowest BCUT2D eigenvalue weighted by Gasteiger charge is -2.14. The van der Waals surface area contributed by atoms with E-state index in [1.54, 1.807) is 19.2 Å². The van der Waals surface area contributed by atoms with Crippen molar-refractivity contribution in [1.29, 1.82) is 0 Å². The molecule has 0 amide bonds. The standard InChI is InChI=1S/C13H21NO2/c1-9(2)6-11(14)7-10-4-5-13(16-3)12(15)8-10/h4-5,8-9,11,15H,6-7,14H2,1-3H3. The van der Waals surface area contributed by atoms with Crippen LogP contribution >= 0.6 is 0 Å². The third-order valence-electron chi connectivity index (χ3n) is 2.52. The summed E-state index contributed by atoms with van der Waals surface area (Å²) in [5, 5.41) is 9.62. The highest BCUT2D eigenvalue weighted by molar-refractivity contribution is 5.41. The molecule has 1 unspecified atom stereocenters. The summed E-state index contributed by atoms with van der Waals surface area (Å²) >= 11 is 0. The molecule has 0 spiro atoms. The fourth-order valence-electron chi connectivity index (χ4n) is 1.85. The van der Waals surface area contributed by atoms with E-state index in [-0.39, 0.29) is 11.8 Å². The molecule has 90 valence electrons. The number of hydrogen-bond acceptors (Lipinski definition) is 3. The molecule has 0 radical (unpaired) electrons. The van der Waals surface area contributed by atoms with E-state index < -0.39 is 0 Å². The molecule has 3 N–H and O–H groups in total. The number of benzene rings is 1. The van der Waals surface area contributed by atoms with Gasteiger partial charge >= 0.3 is 0 Å². The lowest BCUT2D eigenvalue weighted by atomic mass is 9.98. The monoisotopic (exact) mass is 223 g/mol. The molecule has 1 aromatic carbocycles. The topological polar surface area (TPSA) is 55.5 Å². The van der Waals surface area contributed by atoms with Crippen molar-refractivity contribution < 1.29 is 9.84 Å². The van der Waals surface area contributed by atoms with Gasteiger partial charge in [-0.1, -0.05) is 19.9 Å². The van der Waals surface area contributed by atoms with Crippen LogP contribution in [0, 0.1) is 5.92 Å². The van der Waals surface area contributed by atoms with E-state index in [2.05, 4.69) is 13.8 Å². The fraction of sp³-hybridized carbons (Fsp3) is 0.538. The van der Waals surface area contributed by atoms with Crippen LogP contribution in [0.5, 0.6) is 11.5 Å². The third-order valence-corrected chi connectivity index (χ3v) is 2.52. The van der Waals surface area contributed by atoms with Gasteiger partial charge in [0.05, 0.1) is 7.11 Å². The first kappa shape index (κ1) is 12.8. The second-order valence-electron chi connectivity index (χ2n) is 4.60. The highest BCUT2D eigenvalue weighted by Crippen LogP contribution is 2.26. The Labute approximate surface area is 97.2 Å². The molecular formula is C13H21NO2. The number of hydrogen-bond donors (Lipinski definition) is 2. The van der Waals surface area contributed by atoms with Crippen molar-refractivity contribution >= 4 is 0 Å². The molecule has 0 fully saturated rings. The zero-order chi connectivity index (χ0) is 12.1. The minimum atomic E-state index is 0.146. The quantitative estimate of drug-likeness (QED) is 0.805. The van der Waals surface area contributed by atoms with Gasteiger partial charge < -0.3 is 15.6 Å². The molecule has 1 atom stereocenters. The van der Waals surface area contributed by atoms with Gasteiger partial charge in [-0.05, 0) is 36.5 Å². The van der Waals surface area contributed by atoms with Crippen LogP contribution < -0.4 is 10.5 Å². The Hall–Kier alpha value is -1.22. The van der Waals surface area contributed by atoms with Crippen molar-refractivity contribution in [1.82, 2.24) is 0 Å². The van der Waals surface area contributed by atoms with Crippen molar-refractivity contribution in [2.45, 2.75) is 32.7 Å². The minimum Gasteiger partial charge on any atom is -0.504 e. The SMILES string of the molecule is COc1ccc(CC(N)CC(C)C)cc1O. The predicted molar refractivity (Wildman–Crippen MR) is 65.8 cm³/mol. The predicted octanol–water partition coefficient (Wildman–Crippen LogP) is 2.32. The highest BCUT2D eigenvalue weighted by Gasteiger charge is 2.08. The van der Waals surface area contributed by atoms with E-state index in [0.717, 1.165) is 18.4 Å². The van der Waals surface area contributed by atoms with E-state index in [1.807, 2.05) is 6.07 Å². The van der Waals surface area contributed by atoms with Crippen LogP contribution in [-0.2, 0) is 6.42 Å². The Morgan fingerprint density at radius 1 is 1.38 bits per heavy atom. The molecule has 1 rings (SSSR count). The molecular weight excluding hydrogens is 202 g/mol. The van der Waals surface area contributed by atoms with Crippen LogP contribution in [0.3, 0.4) is 0 Å². The smallest absolute Gasteiger partial charge is 0.160 e. The van der Waals surface area contributed by atoms with Crippen molar-refractivity contribution in [2.75, 3.05) is 7.11 Å². The maximum absolute atomic E-state index is 9.62. The van der Waals surface area contributed by atoms with Crippen LogP contribution in [0.4, 0.5) is 0 Å². The molecule has 0 aliphatic heterocycles. The Balaban J connectivity index is 2.64. The number of aromatic hydroxyl groups is 1. The van der Waals surface area contributed by atoms with Gasteiger partial charge in [0, 0.05) is 6.04 Å². The molecule has 1 aromatic rings. The van der Waals surface area contributed by atoms with Gasteiger partial charge in [-0.15, -0.1) is 0 Å². The number of nitrogens with two attached hydrogens (primary N) is 1. The Kier molecular flexibility index (Phi) is 4.62. The van der Waals surface area contributed by atoms with Gasteiger partial charge in [0.25, 0.3) is 0 Å². The van der Waals surface area contributed by atoms with Crippen molar-refractivity contribution in [2.24, 2.45) is 11.7 Å². The van der Waals surface area contributed by atoms with Crippen LogP contribution in [0.15, 0.2) is 18.2 Å². The van der Waals surface area contributed by atoms with Crippen molar-refractivity contribution in [3.8, 4) is 11.5 Å². The maximum atomic E-state index is 9.62. The van der Waals surface area contributed by atoms with E-state index in [1.165, 1.54) is 0 Å². The van der Waals surface area contributed by atoms with E-state index in [0.29, 0.717) is 11.7 Å². The summed E-state index contributed by atoms with van der Waals surface area (Å²) in [4.78, 5) is 0. The fourth-order valence-corrected chi connectivity index (χ4v) is 1.85. The normalized spacial score (nSPS) is 12.8. The summed E-state index contributed by atoms with van der Waals surface area (Å²) in [6.07, 6.45) is 1.78. The van der Waals surface area contributed by atoms with E-state index in [9.17, 15) is 5.11 Å². The van der Waals surface area contributed by atoms with E-state index >= 15 is 0 Å². The number of phenolic OH excluding ortho intramolecular Hbond substituents is 1. The van der Waals surface area contributed by atoms with Crippen molar-refractivity contribution in [3.05, 3.63) is 23.8 Å². The van der Waals surface area contributed by atoms with Crippen LogP contribution in [0.2, 0.25) is 0 Å². The molecule has 0 saturated carbocycles. The average molecular weight is 223 g/mol. The number of ether oxygens (including phenoxy) is 1. The lowest BCUT2D eigenvalue weighted by Crippen LogP contribution is -2.24. The second-order valence-corrected chi connectivity index (χ2v) is 4.60. The van der Waals surface area contributed by atoms with Gasteiger partial charge in [-0.2, -0.15) is 0 Å². The molecule has 0 heterocycles. The summed E-state index contributed by atoms with van der Waals surface area (Å²) in [5.74, 6) is 1.28. The first-order valence-corrected chi connectivity index (χ1v) is 5.64. The van der Waals surface area contributed by atoms with Crippen LogP contribution in [0.25, 0.3) is 0 Å². The largest absolute Gasteiger partial charge is 0.504 e. The molecule has 3 heteroatoms.